The number of halogens is 1. The van der Waals surface area contributed by atoms with E-state index >= 15 is 0 Å². The molecule has 1 aromatic carbocycles. The monoisotopic (exact) mass is 170 g/mol. The van der Waals surface area contributed by atoms with Crippen LogP contribution in [0.2, 0.25) is 0 Å². The van der Waals surface area contributed by atoms with Gasteiger partial charge in [0.05, 0.1) is 0 Å². The molecule has 0 saturated heterocycles. The molecule has 0 aromatic heterocycles. The maximum atomic E-state index is 4.00. The molecule has 1 aliphatic rings. The number of benzene rings is 1. The van der Waals surface area contributed by atoms with Crippen molar-refractivity contribution in [1.82, 2.24) is 0 Å². The minimum absolute atomic E-state index is 0. The summed E-state index contributed by atoms with van der Waals surface area (Å²) in [4.78, 5) is 0. The second-order valence-corrected chi connectivity index (χ2v) is 2.00. The largest absolute Gasteiger partial charge is 0.274 e. The molecule has 0 saturated carbocycles. The molecule has 2 rings (SSSR count). The Morgan fingerprint density at radius 1 is 0.909 bits per heavy atom. The van der Waals surface area contributed by atoms with Gasteiger partial charge in [-0.3, -0.25) is 11.7 Å². The fourth-order valence-corrected chi connectivity index (χ4v) is 0.959. The number of nitrogens with two attached hydrogens (primary N) is 2. The van der Waals surface area contributed by atoms with Gasteiger partial charge in [-0.1, -0.05) is 30.4 Å². The number of hydrogen-bond acceptors (Lipinski definition) is 2. The van der Waals surface area contributed by atoms with Crippen molar-refractivity contribution in [2.24, 2.45) is 11.7 Å². The zero-order valence-corrected chi connectivity index (χ0v) is 6.84. The Morgan fingerprint density at radius 3 is 1.73 bits per heavy atom. The van der Waals surface area contributed by atoms with Gasteiger partial charge in [0.25, 0.3) is 0 Å². The molecule has 1 aromatic rings. The standard InChI is InChI=1S/C8H6.ClH.H4N2/c1-2-7-4-5-8(3-1)6-7;;1-2/h1-6H;1H;1-2H2. The van der Waals surface area contributed by atoms with Crippen molar-refractivity contribution in [3.05, 3.63) is 35.4 Å². The van der Waals surface area contributed by atoms with Gasteiger partial charge in [-0.05, 0) is 17.2 Å². The molecule has 60 valence electrons. The van der Waals surface area contributed by atoms with E-state index < -0.39 is 0 Å². The molecule has 0 unspecified atom stereocenters. The first-order valence-corrected chi connectivity index (χ1v) is 3.07. The summed E-state index contributed by atoms with van der Waals surface area (Å²) in [5.41, 5.74) is 2.64. The first-order chi connectivity index (χ1) is 4.95. The van der Waals surface area contributed by atoms with Crippen molar-refractivity contribution in [2.45, 2.75) is 0 Å². The topological polar surface area (TPSA) is 52.0 Å². The molecule has 0 heterocycles. The SMILES string of the molecule is C1=Cc2cccc1c2.Cl.NN. The van der Waals surface area contributed by atoms with Crippen molar-refractivity contribution in [3.8, 4) is 0 Å². The third-order valence-corrected chi connectivity index (χ3v) is 1.38. The summed E-state index contributed by atoms with van der Waals surface area (Å²) in [6.07, 6.45) is 4.24. The molecule has 0 fully saturated rings. The summed E-state index contributed by atoms with van der Waals surface area (Å²) >= 11 is 0. The highest BCUT2D eigenvalue weighted by Gasteiger charge is 1.94. The van der Waals surface area contributed by atoms with Gasteiger partial charge < -0.3 is 0 Å². The summed E-state index contributed by atoms with van der Waals surface area (Å²) in [5.74, 6) is 8.00. The second-order valence-electron chi connectivity index (χ2n) is 2.00. The first-order valence-electron chi connectivity index (χ1n) is 3.07. The van der Waals surface area contributed by atoms with Crippen molar-refractivity contribution >= 4 is 24.6 Å². The van der Waals surface area contributed by atoms with Crippen LogP contribution in [0.1, 0.15) is 11.1 Å². The van der Waals surface area contributed by atoms with Crippen LogP contribution in [0.4, 0.5) is 0 Å². The van der Waals surface area contributed by atoms with E-state index in [0.717, 1.165) is 0 Å². The highest BCUT2D eigenvalue weighted by Crippen LogP contribution is 2.16. The molecule has 0 spiro atoms. The summed E-state index contributed by atoms with van der Waals surface area (Å²) in [6.45, 7) is 0. The molecule has 1 aliphatic carbocycles. The highest BCUT2D eigenvalue weighted by molar-refractivity contribution is 5.85. The number of rotatable bonds is 0. The summed E-state index contributed by atoms with van der Waals surface area (Å²) in [7, 11) is 0. The van der Waals surface area contributed by atoms with Crippen LogP contribution < -0.4 is 11.7 Å². The molecule has 11 heavy (non-hydrogen) atoms. The van der Waals surface area contributed by atoms with Crippen LogP contribution in [0.3, 0.4) is 0 Å². The van der Waals surface area contributed by atoms with Crippen molar-refractivity contribution < 1.29 is 0 Å². The summed E-state index contributed by atoms with van der Waals surface area (Å²) in [5, 5.41) is 0. The maximum Gasteiger partial charge on any atom is -0.0251 e. The van der Waals surface area contributed by atoms with Crippen LogP contribution in [-0.2, 0) is 0 Å². The van der Waals surface area contributed by atoms with Gasteiger partial charge in [0, 0.05) is 0 Å². The predicted molar refractivity (Wildman–Crippen MR) is 51.0 cm³/mol. The first kappa shape index (κ1) is 10.2. The van der Waals surface area contributed by atoms with E-state index in [-0.39, 0.29) is 12.4 Å². The Bertz CT molecular complexity index is 224. The van der Waals surface area contributed by atoms with Crippen molar-refractivity contribution in [3.63, 3.8) is 0 Å². The van der Waals surface area contributed by atoms with Crippen LogP contribution in [0.15, 0.2) is 24.3 Å². The van der Waals surface area contributed by atoms with E-state index in [2.05, 4.69) is 48.1 Å². The quantitative estimate of drug-likeness (QED) is 0.464. The lowest BCUT2D eigenvalue weighted by Crippen LogP contribution is -2.02. The van der Waals surface area contributed by atoms with E-state index in [1.54, 1.807) is 0 Å². The van der Waals surface area contributed by atoms with Gasteiger partial charge in [0.15, 0.2) is 0 Å². The summed E-state index contributed by atoms with van der Waals surface area (Å²) < 4.78 is 0. The Balaban J connectivity index is 0.000000311. The van der Waals surface area contributed by atoms with Crippen LogP contribution in [0, 0.1) is 0 Å². The van der Waals surface area contributed by atoms with Gasteiger partial charge in [0.2, 0.25) is 0 Å². The molecule has 0 atom stereocenters. The van der Waals surface area contributed by atoms with E-state index in [1.165, 1.54) is 11.1 Å². The van der Waals surface area contributed by atoms with Gasteiger partial charge in [-0.25, -0.2) is 0 Å². The summed E-state index contributed by atoms with van der Waals surface area (Å²) in [6, 6.07) is 8.45. The van der Waals surface area contributed by atoms with Gasteiger partial charge in [-0.2, -0.15) is 0 Å². The second kappa shape index (κ2) is 4.91. The van der Waals surface area contributed by atoms with Crippen molar-refractivity contribution in [2.75, 3.05) is 0 Å². The molecule has 0 aliphatic heterocycles. The number of hydrogen-bond donors (Lipinski definition) is 2. The zero-order chi connectivity index (χ0) is 7.40. The Labute approximate surface area is 72.3 Å². The molecule has 2 nitrogen and oxygen atoms in total. The predicted octanol–water partition coefficient (Wildman–Crippen LogP) is 1.41. The average molecular weight is 171 g/mol. The van der Waals surface area contributed by atoms with Crippen molar-refractivity contribution in [1.29, 1.82) is 0 Å². The number of fused-ring (bicyclic) bond motifs is 2. The molecule has 2 bridgehead atoms. The van der Waals surface area contributed by atoms with E-state index in [1.807, 2.05) is 0 Å². The van der Waals surface area contributed by atoms with E-state index in [4.69, 9.17) is 0 Å². The lowest BCUT2D eigenvalue weighted by Gasteiger charge is -1.83. The Kier molecular flexibility index (Phi) is 4.54. The fraction of sp³-hybridized carbons (Fsp3) is 0. The fourth-order valence-electron chi connectivity index (χ4n) is 0.959. The highest BCUT2D eigenvalue weighted by atomic mass is 35.5. The van der Waals surface area contributed by atoms with Gasteiger partial charge in [0.1, 0.15) is 0 Å². The normalized spacial score (nSPS) is 9.64. The molecule has 0 amide bonds. The van der Waals surface area contributed by atoms with Crippen LogP contribution in [0.25, 0.3) is 12.2 Å². The minimum Gasteiger partial charge on any atom is -0.274 e. The van der Waals surface area contributed by atoms with E-state index in [0.29, 0.717) is 0 Å². The maximum absolute atomic E-state index is 4.00. The van der Waals surface area contributed by atoms with E-state index in [9.17, 15) is 0 Å². The molecule has 3 heteroatoms. The zero-order valence-electron chi connectivity index (χ0n) is 6.03. The number of hydrazine groups is 1. The third-order valence-electron chi connectivity index (χ3n) is 1.38. The van der Waals surface area contributed by atoms with Crippen LogP contribution >= 0.6 is 12.4 Å². The van der Waals surface area contributed by atoms with Gasteiger partial charge >= 0.3 is 0 Å². The van der Waals surface area contributed by atoms with Gasteiger partial charge in [-0.15, -0.1) is 12.4 Å². The molecular formula is C8H11ClN2. The molecule has 4 N–H and O–H groups in total. The Morgan fingerprint density at radius 2 is 1.36 bits per heavy atom. The Hall–Kier alpha value is -0.830. The average Bonchev–Trinajstić information content (AvgIpc) is 2.35. The van der Waals surface area contributed by atoms with Crippen LogP contribution in [0.5, 0.6) is 0 Å². The van der Waals surface area contributed by atoms with Crippen LogP contribution in [-0.4, -0.2) is 0 Å². The third kappa shape index (κ3) is 2.35. The molecular weight excluding hydrogens is 160 g/mol. The lowest BCUT2D eigenvalue weighted by atomic mass is 10.2. The lowest BCUT2D eigenvalue weighted by molar-refractivity contribution is 1.26. The smallest absolute Gasteiger partial charge is 0.0251 e. The minimum atomic E-state index is 0. The molecule has 0 radical (unpaired) electrons.